The number of hydrogen-bond donors (Lipinski definition) is 1. The van der Waals surface area contributed by atoms with E-state index in [1.54, 1.807) is 0 Å². The molecule has 0 aromatic heterocycles. The molecule has 1 heterocycles. The zero-order valence-corrected chi connectivity index (χ0v) is 12.2. The van der Waals surface area contributed by atoms with Crippen LogP contribution in [0.1, 0.15) is 37.8 Å². The quantitative estimate of drug-likeness (QED) is 0.840. The van der Waals surface area contributed by atoms with Crippen LogP contribution in [-0.4, -0.2) is 6.54 Å². The second-order valence-corrected chi connectivity index (χ2v) is 5.79. The van der Waals surface area contributed by atoms with Gasteiger partial charge in [0.2, 0.25) is 0 Å². The Labute approximate surface area is 122 Å². The fraction of sp³-hybridized carbons (Fsp3) is 0.368. The molecule has 0 saturated carbocycles. The molecule has 0 aliphatic carbocycles. The second-order valence-electron chi connectivity index (χ2n) is 5.79. The van der Waals surface area contributed by atoms with Crippen molar-refractivity contribution >= 4 is 0 Å². The summed E-state index contributed by atoms with van der Waals surface area (Å²) in [5, 5.41) is 3.66. The van der Waals surface area contributed by atoms with Crippen molar-refractivity contribution in [3.05, 3.63) is 60.2 Å². The van der Waals surface area contributed by atoms with Gasteiger partial charge >= 0.3 is 0 Å². The molecule has 2 atom stereocenters. The molecule has 1 fully saturated rings. The highest BCUT2D eigenvalue weighted by Gasteiger charge is 2.21. The Bertz CT molecular complexity index is 529. The SMILES string of the molecule is CCC1CCNC(c2ccc(-c3ccccc3)cc2)C1. The molecule has 104 valence electrons. The molecular weight excluding hydrogens is 242 g/mol. The van der Waals surface area contributed by atoms with E-state index in [0.717, 1.165) is 12.5 Å². The first kappa shape index (κ1) is 13.4. The molecule has 2 aromatic rings. The maximum Gasteiger partial charge on any atom is 0.0322 e. The number of nitrogens with one attached hydrogen (secondary N) is 1. The van der Waals surface area contributed by atoms with Crippen LogP contribution in [0.2, 0.25) is 0 Å². The summed E-state index contributed by atoms with van der Waals surface area (Å²) in [5.74, 6) is 0.884. The summed E-state index contributed by atoms with van der Waals surface area (Å²) in [6, 6.07) is 20.2. The first-order valence-electron chi connectivity index (χ1n) is 7.75. The van der Waals surface area contributed by atoms with Crippen molar-refractivity contribution in [3.63, 3.8) is 0 Å². The van der Waals surface area contributed by atoms with E-state index in [-0.39, 0.29) is 0 Å². The van der Waals surface area contributed by atoms with Crippen LogP contribution in [0.15, 0.2) is 54.6 Å². The number of hydrogen-bond acceptors (Lipinski definition) is 1. The van der Waals surface area contributed by atoms with Gasteiger partial charge in [0.05, 0.1) is 0 Å². The van der Waals surface area contributed by atoms with E-state index in [9.17, 15) is 0 Å². The lowest BCUT2D eigenvalue weighted by molar-refractivity contribution is 0.299. The summed E-state index contributed by atoms with van der Waals surface area (Å²) in [6.45, 7) is 3.47. The van der Waals surface area contributed by atoms with Crippen molar-refractivity contribution in [1.29, 1.82) is 0 Å². The van der Waals surface area contributed by atoms with E-state index in [0.29, 0.717) is 6.04 Å². The fourth-order valence-electron chi connectivity index (χ4n) is 3.16. The molecular formula is C19H23N. The first-order chi connectivity index (χ1) is 9.86. The summed E-state index contributed by atoms with van der Waals surface area (Å²) in [6.07, 6.45) is 3.91. The highest BCUT2D eigenvalue weighted by atomic mass is 14.9. The van der Waals surface area contributed by atoms with Crippen LogP contribution in [0.3, 0.4) is 0 Å². The number of rotatable bonds is 3. The summed E-state index contributed by atoms with van der Waals surface area (Å²) in [4.78, 5) is 0. The lowest BCUT2D eigenvalue weighted by Crippen LogP contribution is -2.31. The Balaban J connectivity index is 1.76. The van der Waals surface area contributed by atoms with Crippen molar-refractivity contribution in [2.24, 2.45) is 5.92 Å². The summed E-state index contributed by atoms with van der Waals surface area (Å²) < 4.78 is 0. The molecule has 3 rings (SSSR count). The summed E-state index contributed by atoms with van der Waals surface area (Å²) in [7, 11) is 0. The van der Waals surface area contributed by atoms with E-state index in [1.807, 2.05) is 0 Å². The van der Waals surface area contributed by atoms with Gasteiger partial charge in [-0.3, -0.25) is 0 Å². The molecule has 0 bridgehead atoms. The van der Waals surface area contributed by atoms with Gasteiger partial charge in [-0.1, -0.05) is 67.9 Å². The lowest BCUT2D eigenvalue weighted by atomic mass is 9.87. The molecule has 0 spiro atoms. The van der Waals surface area contributed by atoms with Gasteiger partial charge in [-0.15, -0.1) is 0 Å². The van der Waals surface area contributed by atoms with Crippen LogP contribution in [0.25, 0.3) is 11.1 Å². The molecule has 2 unspecified atom stereocenters. The van der Waals surface area contributed by atoms with Crippen LogP contribution in [-0.2, 0) is 0 Å². The molecule has 1 nitrogen and oxygen atoms in total. The average molecular weight is 265 g/mol. The second kappa shape index (κ2) is 6.23. The maximum absolute atomic E-state index is 3.66. The standard InChI is InChI=1S/C19H23N/c1-2-15-12-13-20-19(14-15)18-10-8-17(9-11-18)16-6-4-3-5-7-16/h3-11,15,19-20H,2,12-14H2,1H3. The third kappa shape index (κ3) is 2.94. The molecule has 1 N–H and O–H groups in total. The highest BCUT2D eigenvalue weighted by Crippen LogP contribution is 2.30. The van der Waals surface area contributed by atoms with Gasteiger partial charge in [-0.25, -0.2) is 0 Å². The molecule has 0 radical (unpaired) electrons. The van der Waals surface area contributed by atoms with Crippen molar-refractivity contribution in [1.82, 2.24) is 5.32 Å². The highest BCUT2D eigenvalue weighted by molar-refractivity contribution is 5.63. The minimum absolute atomic E-state index is 0.540. The maximum atomic E-state index is 3.66. The van der Waals surface area contributed by atoms with Crippen molar-refractivity contribution in [2.75, 3.05) is 6.54 Å². The van der Waals surface area contributed by atoms with Gasteiger partial charge in [0, 0.05) is 6.04 Å². The predicted octanol–water partition coefficient (Wildman–Crippen LogP) is 4.80. The molecule has 20 heavy (non-hydrogen) atoms. The normalized spacial score (nSPS) is 22.6. The van der Waals surface area contributed by atoms with E-state index >= 15 is 0 Å². The average Bonchev–Trinajstić information content (AvgIpc) is 2.56. The van der Waals surface area contributed by atoms with E-state index in [2.05, 4.69) is 66.8 Å². The van der Waals surface area contributed by atoms with Crippen molar-refractivity contribution in [2.45, 2.75) is 32.2 Å². The van der Waals surface area contributed by atoms with Gasteiger partial charge in [0.25, 0.3) is 0 Å². The van der Waals surface area contributed by atoms with Crippen molar-refractivity contribution < 1.29 is 0 Å². The Kier molecular flexibility index (Phi) is 4.17. The van der Waals surface area contributed by atoms with Gasteiger partial charge in [-0.2, -0.15) is 0 Å². The topological polar surface area (TPSA) is 12.0 Å². The van der Waals surface area contributed by atoms with E-state index in [1.165, 1.54) is 36.0 Å². The van der Waals surface area contributed by atoms with Gasteiger partial charge < -0.3 is 5.32 Å². The van der Waals surface area contributed by atoms with E-state index < -0.39 is 0 Å². The van der Waals surface area contributed by atoms with Crippen LogP contribution in [0.5, 0.6) is 0 Å². The van der Waals surface area contributed by atoms with Crippen LogP contribution >= 0.6 is 0 Å². The Morgan fingerprint density at radius 1 is 0.950 bits per heavy atom. The smallest absolute Gasteiger partial charge is 0.0322 e. The van der Waals surface area contributed by atoms with Crippen LogP contribution in [0.4, 0.5) is 0 Å². The van der Waals surface area contributed by atoms with Crippen LogP contribution in [0, 0.1) is 5.92 Å². The Morgan fingerprint density at radius 2 is 1.65 bits per heavy atom. The fourth-order valence-corrected chi connectivity index (χ4v) is 3.16. The van der Waals surface area contributed by atoms with Gasteiger partial charge in [0.15, 0.2) is 0 Å². The van der Waals surface area contributed by atoms with Gasteiger partial charge in [-0.05, 0) is 42.0 Å². The first-order valence-corrected chi connectivity index (χ1v) is 7.75. The summed E-state index contributed by atoms with van der Waals surface area (Å²) in [5.41, 5.74) is 4.03. The van der Waals surface area contributed by atoms with Crippen LogP contribution < -0.4 is 5.32 Å². The Morgan fingerprint density at radius 3 is 2.35 bits per heavy atom. The Hall–Kier alpha value is -1.60. The zero-order chi connectivity index (χ0) is 13.8. The monoisotopic (exact) mass is 265 g/mol. The van der Waals surface area contributed by atoms with Gasteiger partial charge in [0.1, 0.15) is 0 Å². The number of benzene rings is 2. The third-order valence-electron chi connectivity index (χ3n) is 4.51. The lowest BCUT2D eigenvalue weighted by Gasteiger charge is -2.30. The third-order valence-corrected chi connectivity index (χ3v) is 4.51. The molecule has 1 aliphatic heterocycles. The largest absolute Gasteiger partial charge is 0.310 e. The predicted molar refractivity (Wildman–Crippen MR) is 85.6 cm³/mol. The van der Waals surface area contributed by atoms with Crippen molar-refractivity contribution in [3.8, 4) is 11.1 Å². The zero-order valence-electron chi connectivity index (χ0n) is 12.2. The molecule has 2 aromatic carbocycles. The molecule has 0 amide bonds. The number of piperidine rings is 1. The minimum atomic E-state index is 0.540. The minimum Gasteiger partial charge on any atom is -0.310 e. The van der Waals surface area contributed by atoms with E-state index in [4.69, 9.17) is 0 Å². The summed E-state index contributed by atoms with van der Waals surface area (Å²) >= 11 is 0. The molecule has 1 aliphatic rings. The molecule has 1 saturated heterocycles. The molecule has 1 heteroatoms.